The van der Waals surface area contributed by atoms with Gasteiger partial charge in [-0.25, -0.2) is 0 Å². The molecule has 138 valence electrons. The summed E-state index contributed by atoms with van der Waals surface area (Å²) in [5.41, 5.74) is 1.25. The van der Waals surface area contributed by atoms with E-state index < -0.39 is 5.97 Å². The molecule has 7 heteroatoms. The number of halogens is 1. The van der Waals surface area contributed by atoms with E-state index >= 15 is 0 Å². The van der Waals surface area contributed by atoms with E-state index in [1.165, 1.54) is 26.2 Å². The Hall–Kier alpha value is -2.54. The van der Waals surface area contributed by atoms with Crippen molar-refractivity contribution in [2.75, 3.05) is 27.9 Å². The molecule has 2 rings (SSSR count). The summed E-state index contributed by atoms with van der Waals surface area (Å²) in [5.74, 6) is 0.101. The van der Waals surface area contributed by atoms with Gasteiger partial charge in [-0.3, -0.25) is 9.59 Å². The number of rotatable bonds is 7. The van der Waals surface area contributed by atoms with Crippen molar-refractivity contribution in [2.45, 2.75) is 6.54 Å². The van der Waals surface area contributed by atoms with Crippen molar-refractivity contribution in [2.24, 2.45) is 0 Å². The molecule has 0 aliphatic heterocycles. The first-order chi connectivity index (χ1) is 12.5. The van der Waals surface area contributed by atoms with Gasteiger partial charge in [-0.15, -0.1) is 0 Å². The Morgan fingerprint density at radius 1 is 1.00 bits per heavy atom. The first-order valence-corrected chi connectivity index (χ1v) is 8.61. The van der Waals surface area contributed by atoms with Gasteiger partial charge in [-0.1, -0.05) is 30.3 Å². The van der Waals surface area contributed by atoms with E-state index in [1.807, 2.05) is 30.3 Å². The van der Waals surface area contributed by atoms with Gasteiger partial charge >= 0.3 is 5.97 Å². The zero-order chi connectivity index (χ0) is 19.1. The van der Waals surface area contributed by atoms with E-state index in [2.05, 4.69) is 15.9 Å². The van der Waals surface area contributed by atoms with Gasteiger partial charge in [0.15, 0.2) is 0 Å². The maximum absolute atomic E-state index is 13.0. The monoisotopic (exact) mass is 421 g/mol. The predicted octanol–water partition coefficient (Wildman–Crippen LogP) is 3.28. The first kappa shape index (κ1) is 19.8. The number of carbonyl (C=O) groups is 2. The van der Waals surface area contributed by atoms with Crippen LogP contribution >= 0.6 is 15.9 Å². The summed E-state index contributed by atoms with van der Waals surface area (Å²) in [6.45, 7) is 0.111. The number of methoxy groups -OCH3 is 3. The minimum atomic E-state index is -0.495. The molecular weight excluding hydrogens is 402 g/mol. The van der Waals surface area contributed by atoms with Gasteiger partial charge in [0.1, 0.15) is 22.5 Å². The molecular formula is C19H20BrNO5. The minimum absolute atomic E-state index is 0.162. The molecule has 0 aliphatic rings. The van der Waals surface area contributed by atoms with E-state index in [-0.39, 0.29) is 19.0 Å². The first-order valence-electron chi connectivity index (χ1n) is 7.81. The number of nitrogens with zero attached hydrogens (tertiary/aromatic N) is 1. The highest BCUT2D eigenvalue weighted by atomic mass is 79.9. The van der Waals surface area contributed by atoms with Crippen LogP contribution in [0.4, 0.5) is 0 Å². The Labute approximate surface area is 160 Å². The second kappa shape index (κ2) is 9.24. The van der Waals surface area contributed by atoms with E-state index in [1.54, 1.807) is 12.1 Å². The lowest BCUT2D eigenvalue weighted by atomic mass is 10.1. The van der Waals surface area contributed by atoms with Gasteiger partial charge in [0.05, 0.1) is 21.3 Å². The van der Waals surface area contributed by atoms with Crippen molar-refractivity contribution < 1.29 is 23.8 Å². The minimum Gasteiger partial charge on any atom is -0.495 e. The molecule has 0 saturated carbocycles. The summed E-state index contributed by atoms with van der Waals surface area (Å²) in [6, 6.07) is 12.6. The molecule has 0 saturated heterocycles. The van der Waals surface area contributed by atoms with Crippen molar-refractivity contribution in [3.8, 4) is 11.5 Å². The average molecular weight is 422 g/mol. The molecule has 26 heavy (non-hydrogen) atoms. The highest BCUT2D eigenvalue weighted by Gasteiger charge is 2.22. The largest absolute Gasteiger partial charge is 0.495 e. The Kier molecular flexibility index (Phi) is 7.03. The topological polar surface area (TPSA) is 65.1 Å². The Morgan fingerprint density at radius 3 is 2.08 bits per heavy atom. The molecule has 0 atom stereocenters. The molecule has 2 aromatic rings. The Bertz CT molecular complexity index is 754. The number of ether oxygens (including phenoxy) is 3. The number of amides is 1. The fourth-order valence-corrected chi connectivity index (χ4v) is 2.95. The molecule has 0 radical (unpaired) electrons. The van der Waals surface area contributed by atoms with Crippen molar-refractivity contribution in [3.05, 3.63) is 58.1 Å². The van der Waals surface area contributed by atoms with Gasteiger partial charge in [0.25, 0.3) is 5.91 Å². The predicted molar refractivity (Wildman–Crippen MR) is 100 cm³/mol. The Morgan fingerprint density at radius 2 is 1.58 bits per heavy atom. The third-order valence-electron chi connectivity index (χ3n) is 3.74. The van der Waals surface area contributed by atoms with Gasteiger partial charge in [-0.2, -0.15) is 0 Å². The zero-order valence-corrected chi connectivity index (χ0v) is 16.4. The molecule has 6 nitrogen and oxygen atoms in total. The SMILES string of the molecule is COC(=O)CN(Cc1ccccc1)C(=O)c1cc(OC)c(Br)c(OC)c1. The van der Waals surface area contributed by atoms with Gasteiger partial charge < -0.3 is 19.1 Å². The van der Waals surface area contributed by atoms with Crippen LogP contribution in [0.1, 0.15) is 15.9 Å². The van der Waals surface area contributed by atoms with Crippen LogP contribution < -0.4 is 9.47 Å². The maximum atomic E-state index is 13.0. The lowest BCUT2D eigenvalue weighted by molar-refractivity contribution is -0.141. The number of esters is 1. The summed E-state index contributed by atoms with van der Waals surface area (Å²) >= 11 is 3.38. The van der Waals surface area contributed by atoms with Crippen molar-refractivity contribution in [1.82, 2.24) is 4.90 Å². The third kappa shape index (κ3) is 4.76. The molecule has 0 N–H and O–H groups in total. The second-order valence-corrected chi connectivity index (χ2v) is 6.21. The van der Waals surface area contributed by atoms with E-state index in [4.69, 9.17) is 14.2 Å². The van der Waals surface area contributed by atoms with Crippen molar-refractivity contribution in [3.63, 3.8) is 0 Å². The molecule has 0 bridgehead atoms. The number of carbonyl (C=O) groups excluding carboxylic acids is 2. The van der Waals surface area contributed by atoms with E-state index in [0.717, 1.165) is 5.56 Å². The van der Waals surface area contributed by atoms with E-state index in [9.17, 15) is 9.59 Å². The lowest BCUT2D eigenvalue weighted by Crippen LogP contribution is -2.35. The third-order valence-corrected chi connectivity index (χ3v) is 4.53. The summed E-state index contributed by atoms with van der Waals surface area (Å²) in [6.07, 6.45) is 0. The average Bonchev–Trinajstić information content (AvgIpc) is 2.67. The lowest BCUT2D eigenvalue weighted by Gasteiger charge is -2.22. The second-order valence-electron chi connectivity index (χ2n) is 5.42. The van der Waals surface area contributed by atoms with Crippen LogP contribution in [-0.2, 0) is 16.1 Å². The smallest absolute Gasteiger partial charge is 0.325 e. The molecule has 0 spiro atoms. The Balaban J connectivity index is 2.37. The van der Waals surface area contributed by atoms with Crippen LogP contribution in [-0.4, -0.2) is 44.7 Å². The summed E-state index contributed by atoms with van der Waals surface area (Å²) in [5, 5.41) is 0. The molecule has 1 amide bonds. The highest BCUT2D eigenvalue weighted by Crippen LogP contribution is 2.36. The maximum Gasteiger partial charge on any atom is 0.325 e. The fraction of sp³-hybridized carbons (Fsp3) is 0.263. The molecule has 0 heterocycles. The van der Waals surface area contributed by atoms with Crippen molar-refractivity contribution >= 4 is 27.8 Å². The molecule has 0 fully saturated rings. The van der Waals surface area contributed by atoms with Crippen LogP contribution in [0.3, 0.4) is 0 Å². The van der Waals surface area contributed by atoms with Crippen molar-refractivity contribution in [1.29, 1.82) is 0 Å². The standard InChI is InChI=1S/C19H20BrNO5/c1-24-15-9-14(10-16(25-2)18(15)20)19(23)21(12-17(22)26-3)11-13-7-5-4-6-8-13/h4-10H,11-12H2,1-3H3. The molecule has 0 aromatic heterocycles. The molecule has 0 unspecified atom stereocenters. The van der Waals surface area contributed by atoms with Gasteiger partial charge in [0, 0.05) is 12.1 Å². The van der Waals surface area contributed by atoms with Crippen LogP contribution in [0.2, 0.25) is 0 Å². The zero-order valence-electron chi connectivity index (χ0n) is 14.8. The number of benzene rings is 2. The molecule has 0 aliphatic carbocycles. The normalized spacial score (nSPS) is 10.2. The quantitative estimate of drug-likeness (QED) is 0.641. The highest BCUT2D eigenvalue weighted by molar-refractivity contribution is 9.10. The van der Waals surface area contributed by atoms with Gasteiger partial charge in [-0.05, 0) is 33.6 Å². The van der Waals surface area contributed by atoms with Crippen LogP contribution in [0.15, 0.2) is 46.9 Å². The van der Waals surface area contributed by atoms with E-state index in [0.29, 0.717) is 21.5 Å². The van der Waals surface area contributed by atoms with Crippen LogP contribution in [0.25, 0.3) is 0 Å². The fourth-order valence-electron chi connectivity index (χ4n) is 2.40. The summed E-state index contributed by atoms with van der Waals surface area (Å²) in [7, 11) is 4.30. The number of hydrogen-bond acceptors (Lipinski definition) is 5. The van der Waals surface area contributed by atoms with Crippen LogP contribution in [0.5, 0.6) is 11.5 Å². The summed E-state index contributed by atoms with van der Waals surface area (Å²) in [4.78, 5) is 26.2. The molecule has 2 aromatic carbocycles. The summed E-state index contributed by atoms with van der Waals surface area (Å²) < 4.78 is 15.9. The van der Waals surface area contributed by atoms with Crippen LogP contribution in [0, 0.1) is 0 Å². The van der Waals surface area contributed by atoms with Gasteiger partial charge in [0.2, 0.25) is 0 Å². The number of hydrogen-bond donors (Lipinski definition) is 0.